The van der Waals surface area contributed by atoms with E-state index in [1.54, 1.807) is 0 Å². The first-order chi connectivity index (χ1) is 8.40. The van der Waals surface area contributed by atoms with Crippen molar-refractivity contribution in [2.24, 2.45) is 0 Å². The van der Waals surface area contributed by atoms with Gasteiger partial charge in [0.15, 0.2) is 0 Å². The lowest BCUT2D eigenvalue weighted by atomic mass is 10.1. The summed E-state index contributed by atoms with van der Waals surface area (Å²) in [5.74, 6) is 0. The highest BCUT2D eigenvalue weighted by molar-refractivity contribution is 5.71. The van der Waals surface area contributed by atoms with Crippen LogP contribution in [0.5, 0.6) is 0 Å². The van der Waals surface area contributed by atoms with Gasteiger partial charge in [-0.15, -0.1) is 0 Å². The SMILES string of the molecule is CCc1cc2ccccn2c1-c1cccnc1. The molecule has 0 aliphatic carbocycles. The van der Waals surface area contributed by atoms with Gasteiger partial charge in [0, 0.05) is 29.7 Å². The predicted molar refractivity (Wildman–Crippen MR) is 70.0 cm³/mol. The molecule has 2 nitrogen and oxygen atoms in total. The Bertz CT molecular complexity index is 638. The van der Waals surface area contributed by atoms with Crippen LogP contribution in [0.3, 0.4) is 0 Å². The monoisotopic (exact) mass is 222 g/mol. The van der Waals surface area contributed by atoms with Crippen LogP contribution in [0.25, 0.3) is 16.8 Å². The molecule has 3 rings (SSSR count). The van der Waals surface area contributed by atoms with Crippen LogP contribution in [0.1, 0.15) is 12.5 Å². The minimum absolute atomic E-state index is 1.03. The second-order valence-electron chi connectivity index (χ2n) is 4.11. The van der Waals surface area contributed by atoms with E-state index in [-0.39, 0.29) is 0 Å². The minimum atomic E-state index is 1.03. The normalized spacial score (nSPS) is 10.9. The van der Waals surface area contributed by atoms with Crippen LogP contribution in [0.4, 0.5) is 0 Å². The van der Waals surface area contributed by atoms with Gasteiger partial charge in [-0.2, -0.15) is 0 Å². The summed E-state index contributed by atoms with van der Waals surface area (Å²) >= 11 is 0. The summed E-state index contributed by atoms with van der Waals surface area (Å²) in [4.78, 5) is 4.21. The van der Waals surface area contributed by atoms with Gasteiger partial charge in [0.25, 0.3) is 0 Å². The van der Waals surface area contributed by atoms with Crippen LogP contribution in [0, 0.1) is 0 Å². The maximum absolute atomic E-state index is 4.21. The quantitative estimate of drug-likeness (QED) is 0.648. The van der Waals surface area contributed by atoms with Crippen molar-refractivity contribution in [3.63, 3.8) is 0 Å². The van der Waals surface area contributed by atoms with E-state index in [0.29, 0.717) is 0 Å². The molecule has 0 aliphatic rings. The van der Waals surface area contributed by atoms with Gasteiger partial charge in [-0.1, -0.05) is 13.0 Å². The van der Waals surface area contributed by atoms with Gasteiger partial charge in [-0.3, -0.25) is 4.98 Å². The van der Waals surface area contributed by atoms with Crippen LogP contribution in [0.15, 0.2) is 55.0 Å². The third-order valence-electron chi connectivity index (χ3n) is 3.07. The lowest BCUT2D eigenvalue weighted by Crippen LogP contribution is -1.90. The summed E-state index contributed by atoms with van der Waals surface area (Å²) in [5, 5.41) is 0. The Morgan fingerprint density at radius 3 is 2.88 bits per heavy atom. The Hall–Kier alpha value is -2.09. The lowest BCUT2D eigenvalue weighted by molar-refractivity contribution is 1.11. The van der Waals surface area contributed by atoms with Crippen LogP contribution >= 0.6 is 0 Å². The van der Waals surface area contributed by atoms with Crippen molar-refractivity contribution in [1.29, 1.82) is 0 Å². The van der Waals surface area contributed by atoms with Gasteiger partial charge in [0.1, 0.15) is 0 Å². The Labute approximate surface area is 101 Å². The molecule has 0 radical (unpaired) electrons. The number of hydrogen-bond donors (Lipinski definition) is 0. The molecule has 2 heteroatoms. The zero-order valence-electron chi connectivity index (χ0n) is 9.80. The maximum Gasteiger partial charge on any atom is 0.0575 e. The van der Waals surface area contributed by atoms with E-state index in [2.05, 4.69) is 52.8 Å². The molecule has 0 saturated heterocycles. The van der Waals surface area contributed by atoms with Gasteiger partial charge in [-0.25, -0.2) is 0 Å². The molecule has 0 bridgehead atoms. The molecule has 3 aromatic rings. The third-order valence-corrected chi connectivity index (χ3v) is 3.07. The highest BCUT2D eigenvalue weighted by Crippen LogP contribution is 2.27. The zero-order valence-corrected chi connectivity index (χ0v) is 9.80. The molecule has 0 fully saturated rings. The Balaban J connectivity index is 2.34. The van der Waals surface area contributed by atoms with E-state index in [1.807, 2.05) is 18.5 Å². The molecule has 0 spiro atoms. The van der Waals surface area contributed by atoms with Crippen molar-refractivity contribution in [3.05, 3.63) is 60.6 Å². The van der Waals surface area contributed by atoms with Crippen LogP contribution < -0.4 is 0 Å². The fourth-order valence-electron chi connectivity index (χ4n) is 2.28. The van der Waals surface area contributed by atoms with Gasteiger partial charge < -0.3 is 4.40 Å². The van der Waals surface area contributed by atoms with Crippen molar-refractivity contribution in [1.82, 2.24) is 9.38 Å². The molecule has 0 amide bonds. The summed E-state index contributed by atoms with van der Waals surface area (Å²) in [6, 6.07) is 12.6. The summed E-state index contributed by atoms with van der Waals surface area (Å²) in [5.41, 5.74) is 5.04. The number of nitrogens with zero attached hydrogens (tertiary/aromatic N) is 2. The van der Waals surface area contributed by atoms with E-state index >= 15 is 0 Å². The Morgan fingerprint density at radius 2 is 2.12 bits per heavy atom. The second kappa shape index (κ2) is 4.06. The third kappa shape index (κ3) is 1.62. The minimum Gasteiger partial charge on any atom is -0.316 e. The van der Waals surface area contributed by atoms with Crippen molar-refractivity contribution in [3.8, 4) is 11.3 Å². The van der Waals surface area contributed by atoms with Crippen molar-refractivity contribution >= 4 is 5.52 Å². The molecule has 17 heavy (non-hydrogen) atoms. The van der Waals surface area contributed by atoms with Crippen LogP contribution in [0.2, 0.25) is 0 Å². The zero-order chi connectivity index (χ0) is 11.7. The molecular weight excluding hydrogens is 208 g/mol. The summed E-state index contributed by atoms with van der Waals surface area (Å²) in [7, 11) is 0. The summed E-state index contributed by atoms with van der Waals surface area (Å²) in [6.07, 6.45) is 6.88. The van der Waals surface area contributed by atoms with Gasteiger partial charge in [0.05, 0.1) is 5.69 Å². The largest absolute Gasteiger partial charge is 0.316 e. The number of aryl methyl sites for hydroxylation is 1. The van der Waals surface area contributed by atoms with E-state index in [1.165, 1.54) is 22.3 Å². The van der Waals surface area contributed by atoms with Crippen molar-refractivity contribution in [2.75, 3.05) is 0 Å². The molecule has 3 aromatic heterocycles. The van der Waals surface area contributed by atoms with E-state index in [4.69, 9.17) is 0 Å². The highest BCUT2D eigenvalue weighted by Gasteiger charge is 2.10. The number of aromatic nitrogens is 2. The fourth-order valence-corrected chi connectivity index (χ4v) is 2.28. The molecule has 3 heterocycles. The first kappa shape index (κ1) is 10.1. The first-order valence-corrected chi connectivity index (χ1v) is 5.89. The summed E-state index contributed by atoms with van der Waals surface area (Å²) < 4.78 is 2.23. The highest BCUT2D eigenvalue weighted by atomic mass is 14.9. The Morgan fingerprint density at radius 1 is 1.18 bits per heavy atom. The number of pyridine rings is 2. The molecule has 0 unspecified atom stereocenters. The molecule has 0 N–H and O–H groups in total. The van der Waals surface area contributed by atoms with Gasteiger partial charge in [-0.05, 0) is 42.3 Å². The topological polar surface area (TPSA) is 17.3 Å². The molecule has 0 aromatic carbocycles. The van der Waals surface area contributed by atoms with Crippen molar-refractivity contribution in [2.45, 2.75) is 13.3 Å². The van der Waals surface area contributed by atoms with Gasteiger partial charge in [0.2, 0.25) is 0 Å². The number of rotatable bonds is 2. The van der Waals surface area contributed by atoms with Crippen molar-refractivity contribution < 1.29 is 0 Å². The standard InChI is InChI=1S/C15H14N2/c1-2-12-10-14-7-3-4-9-17(14)15(12)13-6-5-8-16-11-13/h3-11H,2H2,1H3. The molecule has 0 atom stereocenters. The number of fused-ring (bicyclic) bond motifs is 1. The predicted octanol–water partition coefficient (Wildman–Crippen LogP) is 3.56. The average Bonchev–Trinajstić information content (AvgIpc) is 2.78. The van der Waals surface area contributed by atoms with Gasteiger partial charge >= 0.3 is 0 Å². The van der Waals surface area contributed by atoms with Crippen LogP contribution in [-0.2, 0) is 6.42 Å². The van der Waals surface area contributed by atoms with E-state index in [0.717, 1.165) is 6.42 Å². The Kier molecular flexibility index (Phi) is 2.41. The smallest absolute Gasteiger partial charge is 0.0575 e. The lowest BCUT2D eigenvalue weighted by Gasteiger charge is -2.05. The molecular formula is C15H14N2. The molecule has 0 saturated carbocycles. The first-order valence-electron chi connectivity index (χ1n) is 5.89. The fraction of sp³-hybridized carbons (Fsp3) is 0.133. The van der Waals surface area contributed by atoms with Crippen LogP contribution in [-0.4, -0.2) is 9.38 Å². The van der Waals surface area contributed by atoms with E-state index in [9.17, 15) is 0 Å². The molecule has 84 valence electrons. The summed E-state index contributed by atoms with van der Waals surface area (Å²) in [6.45, 7) is 2.19. The van der Waals surface area contributed by atoms with E-state index < -0.39 is 0 Å². The molecule has 0 aliphatic heterocycles. The maximum atomic E-state index is 4.21. The number of hydrogen-bond acceptors (Lipinski definition) is 1. The average molecular weight is 222 g/mol. The second-order valence-corrected chi connectivity index (χ2v) is 4.11.